The summed E-state index contributed by atoms with van der Waals surface area (Å²) >= 11 is 0. The van der Waals surface area contributed by atoms with Gasteiger partial charge in [-0.1, -0.05) is 30.3 Å². The van der Waals surface area contributed by atoms with Crippen LogP contribution in [0.2, 0.25) is 0 Å². The predicted octanol–water partition coefficient (Wildman–Crippen LogP) is 1.10. The average molecular weight is 343 g/mol. The zero-order valence-corrected chi connectivity index (χ0v) is 14.9. The molecule has 1 heterocycles. The minimum atomic E-state index is 0.0554. The Kier molecular flexibility index (Phi) is 5.79. The number of nitrogens with two attached hydrogens (primary N) is 1. The molecule has 134 valence electrons. The maximum absolute atomic E-state index is 10.0. The van der Waals surface area contributed by atoms with Crippen LogP contribution >= 0.6 is 0 Å². The van der Waals surface area contributed by atoms with Crippen LogP contribution in [0, 0.1) is 0 Å². The van der Waals surface area contributed by atoms with E-state index in [9.17, 15) is 5.11 Å². The van der Waals surface area contributed by atoms with Crippen LogP contribution in [-0.4, -0.2) is 44.5 Å². The molecule has 0 aliphatic carbocycles. The standard InChI is InChI=1S/C20H26N2O3/c1-24-18-10-15(11-19(25-2)20(18)23)9-17-13-21-16(12-22-17)8-14-6-4-3-5-7-14/h3-7,10-11,16-17,21-23H,8-9,12-13H2,1-2H3/p+1/t16-,17-/m0/s1. The van der Waals surface area contributed by atoms with Crippen molar-refractivity contribution in [1.29, 1.82) is 0 Å². The number of quaternary nitrogens is 1. The van der Waals surface area contributed by atoms with Crippen LogP contribution in [0.5, 0.6) is 17.2 Å². The molecule has 2 aromatic rings. The number of rotatable bonds is 6. The molecular formula is C20H27N2O3+. The number of nitrogens with one attached hydrogen (secondary N) is 1. The van der Waals surface area contributed by atoms with Gasteiger partial charge in [-0.05, 0) is 29.7 Å². The van der Waals surface area contributed by atoms with E-state index in [4.69, 9.17) is 9.47 Å². The second-order valence-corrected chi connectivity index (χ2v) is 6.58. The third kappa shape index (κ3) is 4.44. The van der Waals surface area contributed by atoms with Crippen molar-refractivity contribution >= 4 is 0 Å². The summed E-state index contributed by atoms with van der Waals surface area (Å²) < 4.78 is 10.5. The lowest BCUT2D eigenvalue weighted by molar-refractivity contribution is -0.697. The molecule has 0 saturated carbocycles. The van der Waals surface area contributed by atoms with Crippen molar-refractivity contribution in [2.24, 2.45) is 0 Å². The van der Waals surface area contributed by atoms with Gasteiger partial charge in [-0.15, -0.1) is 0 Å². The minimum Gasteiger partial charge on any atom is -0.502 e. The summed E-state index contributed by atoms with van der Waals surface area (Å²) in [6.07, 6.45) is 1.96. The molecule has 5 heteroatoms. The predicted molar refractivity (Wildman–Crippen MR) is 97.4 cm³/mol. The third-order valence-electron chi connectivity index (χ3n) is 4.79. The number of hydrogen-bond donors (Lipinski definition) is 3. The summed E-state index contributed by atoms with van der Waals surface area (Å²) in [6.45, 7) is 2.02. The monoisotopic (exact) mass is 343 g/mol. The lowest BCUT2D eigenvalue weighted by atomic mass is 9.99. The summed E-state index contributed by atoms with van der Waals surface area (Å²) in [5.74, 6) is 0.965. The van der Waals surface area contributed by atoms with Gasteiger partial charge in [0.15, 0.2) is 11.5 Å². The van der Waals surface area contributed by atoms with Gasteiger partial charge in [0, 0.05) is 13.0 Å². The van der Waals surface area contributed by atoms with E-state index in [2.05, 4.69) is 41.0 Å². The van der Waals surface area contributed by atoms with E-state index in [-0.39, 0.29) is 5.75 Å². The number of ether oxygens (including phenoxy) is 2. The molecule has 1 fully saturated rings. The van der Waals surface area contributed by atoms with Gasteiger partial charge < -0.3 is 25.2 Å². The molecule has 0 amide bonds. The van der Waals surface area contributed by atoms with Crippen LogP contribution in [-0.2, 0) is 12.8 Å². The first kappa shape index (κ1) is 17.6. The number of hydrogen-bond acceptors (Lipinski definition) is 4. The Bertz CT molecular complexity index is 658. The molecule has 0 spiro atoms. The zero-order valence-electron chi connectivity index (χ0n) is 14.9. The Morgan fingerprint density at radius 1 is 1.04 bits per heavy atom. The number of phenolic OH excluding ortho intramolecular Hbond substituents is 1. The molecule has 3 rings (SSSR count). The molecule has 5 nitrogen and oxygen atoms in total. The van der Waals surface area contributed by atoms with Gasteiger partial charge >= 0.3 is 0 Å². The average Bonchev–Trinajstić information content (AvgIpc) is 2.65. The number of aromatic hydroxyl groups is 1. The third-order valence-corrected chi connectivity index (χ3v) is 4.79. The van der Waals surface area contributed by atoms with Gasteiger partial charge in [0.1, 0.15) is 6.04 Å². The fraction of sp³-hybridized carbons (Fsp3) is 0.400. The van der Waals surface area contributed by atoms with E-state index in [0.717, 1.165) is 31.5 Å². The van der Waals surface area contributed by atoms with Crippen molar-refractivity contribution in [2.75, 3.05) is 27.3 Å². The van der Waals surface area contributed by atoms with Crippen LogP contribution in [0.25, 0.3) is 0 Å². The first-order valence-corrected chi connectivity index (χ1v) is 8.74. The van der Waals surface area contributed by atoms with Crippen LogP contribution in [0.15, 0.2) is 42.5 Å². The lowest BCUT2D eigenvalue weighted by Gasteiger charge is -2.28. The topological polar surface area (TPSA) is 67.3 Å². The summed E-state index contributed by atoms with van der Waals surface area (Å²) in [5.41, 5.74) is 2.48. The van der Waals surface area contributed by atoms with Gasteiger partial charge in [-0.25, -0.2) is 0 Å². The van der Waals surface area contributed by atoms with Gasteiger partial charge in [-0.3, -0.25) is 0 Å². The Hall–Kier alpha value is -2.24. The molecule has 1 saturated heterocycles. The highest BCUT2D eigenvalue weighted by molar-refractivity contribution is 5.52. The van der Waals surface area contributed by atoms with Gasteiger partial charge in [0.25, 0.3) is 0 Å². The SMILES string of the molecule is COc1cc(C[C@H]2C[NH2+][C@@H](Cc3ccccc3)CN2)cc(OC)c1O. The second kappa shape index (κ2) is 8.23. The Morgan fingerprint density at radius 2 is 1.72 bits per heavy atom. The van der Waals surface area contributed by atoms with E-state index in [1.807, 2.05) is 12.1 Å². The first-order valence-electron chi connectivity index (χ1n) is 8.74. The van der Waals surface area contributed by atoms with Gasteiger partial charge in [0.05, 0.1) is 26.8 Å². The second-order valence-electron chi connectivity index (χ2n) is 6.58. The Morgan fingerprint density at radius 3 is 2.28 bits per heavy atom. The van der Waals surface area contributed by atoms with Gasteiger partial charge in [-0.2, -0.15) is 0 Å². The normalized spacial score (nSPS) is 20.2. The molecule has 0 bridgehead atoms. The number of phenols is 1. The van der Waals surface area contributed by atoms with E-state index < -0.39 is 0 Å². The first-order chi connectivity index (χ1) is 12.2. The summed E-state index contributed by atoms with van der Waals surface area (Å²) in [5, 5.41) is 16.1. The molecule has 0 radical (unpaired) electrons. The molecule has 0 unspecified atom stereocenters. The van der Waals surface area contributed by atoms with E-state index in [0.29, 0.717) is 23.6 Å². The summed E-state index contributed by atoms with van der Waals surface area (Å²) in [4.78, 5) is 0. The molecule has 2 atom stereocenters. The van der Waals surface area contributed by atoms with Crippen LogP contribution in [0.4, 0.5) is 0 Å². The molecule has 1 aliphatic rings. The van der Waals surface area contributed by atoms with Crippen LogP contribution in [0.3, 0.4) is 0 Å². The highest BCUT2D eigenvalue weighted by atomic mass is 16.5. The molecule has 1 aliphatic heterocycles. The highest BCUT2D eigenvalue weighted by Gasteiger charge is 2.24. The van der Waals surface area contributed by atoms with Crippen molar-refractivity contribution in [3.8, 4) is 17.2 Å². The number of benzene rings is 2. The summed E-state index contributed by atoms with van der Waals surface area (Å²) in [7, 11) is 3.11. The van der Waals surface area contributed by atoms with Crippen molar-refractivity contribution in [1.82, 2.24) is 5.32 Å². The van der Waals surface area contributed by atoms with Gasteiger partial charge in [0.2, 0.25) is 5.75 Å². The maximum atomic E-state index is 10.0. The fourth-order valence-electron chi connectivity index (χ4n) is 3.42. The lowest BCUT2D eigenvalue weighted by Crippen LogP contribution is -2.97. The maximum Gasteiger partial charge on any atom is 0.200 e. The largest absolute Gasteiger partial charge is 0.502 e. The number of methoxy groups -OCH3 is 2. The molecule has 2 aromatic carbocycles. The molecule has 25 heavy (non-hydrogen) atoms. The number of piperazine rings is 1. The summed E-state index contributed by atoms with van der Waals surface area (Å²) in [6, 6.07) is 15.4. The molecule has 0 aromatic heterocycles. The minimum absolute atomic E-state index is 0.0554. The van der Waals surface area contributed by atoms with Crippen molar-refractivity contribution in [3.05, 3.63) is 53.6 Å². The van der Waals surface area contributed by atoms with Crippen molar-refractivity contribution in [2.45, 2.75) is 24.9 Å². The zero-order chi connectivity index (χ0) is 17.6. The smallest absolute Gasteiger partial charge is 0.200 e. The van der Waals surface area contributed by atoms with Crippen LogP contribution < -0.4 is 20.1 Å². The van der Waals surface area contributed by atoms with Crippen LogP contribution in [0.1, 0.15) is 11.1 Å². The van der Waals surface area contributed by atoms with Crippen molar-refractivity contribution < 1.29 is 19.9 Å². The Labute approximate surface area is 149 Å². The van der Waals surface area contributed by atoms with E-state index >= 15 is 0 Å². The van der Waals surface area contributed by atoms with Crippen molar-refractivity contribution in [3.63, 3.8) is 0 Å². The van der Waals surface area contributed by atoms with E-state index in [1.165, 1.54) is 5.56 Å². The molecule has 4 N–H and O–H groups in total. The highest BCUT2D eigenvalue weighted by Crippen LogP contribution is 2.37. The quantitative estimate of drug-likeness (QED) is 0.735. The van der Waals surface area contributed by atoms with E-state index in [1.54, 1.807) is 14.2 Å². The molecular weight excluding hydrogens is 316 g/mol. The fourth-order valence-corrected chi connectivity index (χ4v) is 3.42. The Balaban J connectivity index is 1.57.